The first kappa shape index (κ1) is 21.5. The molecule has 1 unspecified atom stereocenters. The number of hydrogen-bond acceptors (Lipinski definition) is 3. The third kappa shape index (κ3) is 8.40. The van der Waals surface area contributed by atoms with Crippen LogP contribution in [0.15, 0.2) is 53.7 Å². The Bertz CT molecular complexity index is 637. The summed E-state index contributed by atoms with van der Waals surface area (Å²) in [5.41, 5.74) is 1.13. The van der Waals surface area contributed by atoms with E-state index in [1.54, 1.807) is 19.3 Å². The lowest BCUT2D eigenvalue weighted by Crippen LogP contribution is -2.42. The number of para-hydroxylation sites is 1. The van der Waals surface area contributed by atoms with Gasteiger partial charge in [-0.1, -0.05) is 35.9 Å². The molecule has 7 heteroatoms. The van der Waals surface area contributed by atoms with E-state index in [1.165, 1.54) is 0 Å². The molecule has 1 aromatic heterocycles. The summed E-state index contributed by atoms with van der Waals surface area (Å²) in [6.45, 7) is 3.45. The largest absolute Gasteiger partial charge is 0.489 e. The molecule has 0 fully saturated rings. The summed E-state index contributed by atoms with van der Waals surface area (Å²) in [4.78, 5) is 8.29. The topological polar surface area (TPSA) is 58.5 Å². The number of pyridine rings is 1. The summed E-state index contributed by atoms with van der Waals surface area (Å²) in [7, 11) is 1.75. The Morgan fingerprint density at radius 3 is 2.60 bits per heavy atom. The van der Waals surface area contributed by atoms with Gasteiger partial charge >= 0.3 is 0 Å². The van der Waals surface area contributed by atoms with Crippen LogP contribution >= 0.6 is 35.6 Å². The van der Waals surface area contributed by atoms with E-state index in [-0.39, 0.29) is 30.1 Å². The zero-order valence-electron chi connectivity index (χ0n) is 14.4. The number of rotatable bonds is 7. The van der Waals surface area contributed by atoms with Crippen LogP contribution in [0.5, 0.6) is 5.75 Å². The molecule has 0 aliphatic carbocycles. The SMILES string of the molecule is CN=C(NCCc1ccc(Cl)nc1)NCC(C)Oc1ccccc1.I. The Morgan fingerprint density at radius 2 is 1.96 bits per heavy atom. The third-order valence-corrected chi connectivity index (χ3v) is 3.58. The van der Waals surface area contributed by atoms with Gasteiger partial charge in [-0.15, -0.1) is 24.0 Å². The number of ether oxygens (including phenoxy) is 1. The molecular formula is C18H24ClIN4O. The Morgan fingerprint density at radius 1 is 1.20 bits per heavy atom. The molecule has 2 aromatic rings. The zero-order chi connectivity index (χ0) is 17.2. The van der Waals surface area contributed by atoms with Crippen molar-refractivity contribution in [3.8, 4) is 5.75 Å². The summed E-state index contributed by atoms with van der Waals surface area (Å²) >= 11 is 5.78. The molecule has 0 saturated carbocycles. The number of benzene rings is 1. The van der Waals surface area contributed by atoms with Gasteiger partial charge in [-0.3, -0.25) is 4.99 Å². The Balaban J connectivity index is 0.00000312. The van der Waals surface area contributed by atoms with E-state index in [2.05, 4.69) is 20.6 Å². The smallest absolute Gasteiger partial charge is 0.191 e. The molecule has 0 aliphatic rings. The fourth-order valence-corrected chi connectivity index (χ4v) is 2.23. The summed E-state index contributed by atoms with van der Waals surface area (Å²) in [6, 6.07) is 13.6. The highest BCUT2D eigenvalue weighted by atomic mass is 127. The van der Waals surface area contributed by atoms with E-state index in [1.807, 2.05) is 43.3 Å². The quantitative estimate of drug-likeness (QED) is 0.279. The van der Waals surface area contributed by atoms with Crippen molar-refractivity contribution in [2.45, 2.75) is 19.4 Å². The lowest BCUT2D eigenvalue weighted by Gasteiger charge is -2.17. The van der Waals surface area contributed by atoms with Crippen LogP contribution in [0.2, 0.25) is 5.15 Å². The van der Waals surface area contributed by atoms with Crippen LogP contribution in [0.4, 0.5) is 0 Å². The maximum absolute atomic E-state index is 5.83. The monoisotopic (exact) mass is 474 g/mol. The van der Waals surface area contributed by atoms with Crippen molar-refractivity contribution < 1.29 is 4.74 Å². The minimum Gasteiger partial charge on any atom is -0.489 e. The molecule has 1 heterocycles. The number of guanidine groups is 1. The number of halogens is 2. The second-order valence-corrected chi connectivity index (χ2v) is 5.75. The van der Waals surface area contributed by atoms with E-state index in [9.17, 15) is 0 Å². The second-order valence-electron chi connectivity index (χ2n) is 5.36. The summed E-state index contributed by atoms with van der Waals surface area (Å²) < 4.78 is 5.83. The Kier molecular flexibility index (Phi) is 10.3. The summed E-state index contributed by atoms with van der Waals surface area (Å²) in [5.74, 6) is 1.62. The van der Waals surface area contributed by atoms with Crippen molar-refractivity contribution in [2.75, 3.05) is 20.1 Å². The maximum Gasteiger partial charge on any atom is 0.191 e. The second kappa shape index (κ2) is 11.9. The van der Waals surface area contributed by atoms with Crippen LogP contribution < -0.4 is 15.4 Å². The van der Waals surface area contributed by atoms with Gasteiger partial charge in [0.05, 0.1) is 6.54 Å². The van der Waals surface area contributed by atoms with Crippen LogP contribution in [0.25, 0.3) is 0 Å². The summed E-state index contributed by atoms with van der Waals surface area (Å²) in [5, 5.41) is 7.05. The minimum atomic E-state index is 0. The van der Waals surface area contributed by atoms with Gasteiger partial charge in [0.1, 0.15) is 17.0 Å². The van der Waals surface area contributed by atoms with E-state index >= 15 is 0 Å². The van der Waals surface area contributed by atoms with Gasteiger partial charge < -0.3 is 15.4 Å². The van der Waals surface area contributed by atoms with Crippen molar-refractivity contribution in [1.82, 2.24) is 15.6 Å². The lowest BCUT2D eigenvalue weighted by molar-refractivity contribution is 0.224. The molecule has 0 amide bonds. The van der Waals surface area contributed by atoms with Gasteiger partial charge in [-0.2, -0.15) is 0 Å². The molecule has 0 bridgehead atoms. The van der Waals surface area contributed by atoms with Crippen LogP contribution in [0, 0.1) is 0 Å². The molecule has 5 nitrogen and oxygen atoms in total. The van der Waals surface area contributed by atoms with Crippen molar-refractivity contribution in [3.05, 3.63) is 59.4 Å². The molecule has 1 aromatic carbocycles. The molecular weight excluding hydrogens is 451 g/mol. The van der Waals surface area contributed by atoms with E-state index in [0.29, 0.717) is 11.7 Å². The highest BCUT2D eigenvalue weighted by Crippen LogP contribution is 2.10. The van der Waals surface area contributed by atoms with Gasteiger partial charge in [0.25, 0.3) is 0 Å². The average Bonchev–Trinajstić information content (AvgIpc) is 2.60. The number of hydrogen-bond donors (Lipinski definition) is 2. The van der Waals surface area contributed by atoms with Gasteiger partial charge in [0.15, 0.2) is 5.96 Å². The fraction of sp³-hybridized carbons (Fsp3) is 0.333. The molecule has 2 N–H and O–H groups in total. The first-order valence-electron chi connectivity index (χ1n) is 7.94. The van der Waals surface area contributed by atoms with Crippen LogP contribution in [-0.4, -0.2) is 37.2 Å². The number of aromatic nitrogens is 1. The van der Waals surface area contributed by atoms with Crippen molar-refractivity contribution in [3.63, 3.8) is 0 Å². The van der Waals surface area contributed by atoms with Gasteiger partial charge in [-0.05, 0) is 37.1 Å². The van der Waals surface area contributed by atoms with E-state index < -0.39 is 0 Å². The first-order valence-corrected chi connectivity index (χ1v) is 8.32. The molecule has 2 rings (SSSR count). The zero-order valence-corrected chi connectivity index (χ0v) is 17.5. The molecule has 0 saturated heterocycles. The molecule has 0 radical (unpaired) electrons. The van der Waals surface area contributed by atoms with E-state index in [0.717, 1.165) is 30.2 Å². The highest BCUT2D eigenvalue weighted by Gasteiger charge is 2.05. The van der Waals surface area contributed by atoms with E-state index in [4.69, 9.17) is 16.3 Å². The Hall–Kier alpha value is -1.54. The molecule has 0 spiro atoms. The van der Waals surface area contributed by atoms with Gasteiger partial charge in [0, 0.05) is 19.8 Å². The summed E-state index contributed by atoms with van der Waals surface area (Å²) in [6.07, 6.45) is 2.67. The van der Waals surface area contributed by atoms with Crippen molar-refractivity contribution in [1.29, 1.82) is 0 Å². The van der Waals surface area contributed by atoms with Gasteiger partial charge in [0.2, 0.25) is 0 Å². The fourth-order valence-electron chi connectivity index (χ4n) is 2.11. The molecule has 0 aliphatic heterocycles. The predicted molar refractivity (Wildman–Crippen MR) is 114 cm³/mol. The van der Waals surface area contributed by atoms with Crippen LogP contribution in [-0.2, 0) is 6.42 Å². The molecule has 136 valence electrons. The normalized spacial score (nSPS) is 12.0. The van der Waals surface area contributed by atoms with Crippen LogP contribution in [0.1, 0.15) is 12.5 Å². The number of nitrogens with zero attached hydrogens (tertiary/aromatic N) is 2. The van der Waals surface area contributed by atoms with Gasteiger partial charge in [-0.25, -0.2) is 4.98 Å². The standard InChI is InChI=1S/C18H23ClN4O.HI/c1-14(24-16-6-4-3-5-7-16)12-23-18(20-2)21-11-10-15-8-9-17(19)22-13-15;/h3-9,13-14H,10-12H2,1-2H3,(H2,20,21,23);1H. The lowest BCUT2D eigenvalue weighted by atomic mass is 10.2. The van der Waals surface area contributed by atoms with Crippen LogP contribution in [0.3, 0.4) is 0 Å². The number of nitrogens with one attached hydrogen (secondary N) is 2. The minimum absolute atomic E-state index is 0. The average molecular weight is 475 g/mol. The highest BCUT2D eigenvalue weighted by molar-refractivity contribution is 14.0. The Labute approximate surface area is 171 Å². The maximum atomic E-state index is 5.83. The van der Waals surface area contributed by atoms with Crippen molar-refractivity contribution >= 4 is 41.5 Å². The predicted octanol–water partition coefficient (Wildman–Crippen LogP) is 3.53. The molecule has 25 heavy (non-hydrogen) atoms. The van der Waals surface area contributed by atoms with Crippen molar-refractivity contribution in [2.24, 2.45) is 4.99 Å². The molecule has 1 atom stereocenters. The third-order valence-electron chi connectivity index (χ3n) is 3.36. The first-order chi connectivity index (χ1) is 11.7. The number of aliphatic imine (C=N–C) groups is 1.